The molecule has 1 atom stereocenters. The van der Waals surface area contributed by atoms with Gasteiger partial charge in [0.1, 0.15) is 5.76 Å². The third-order valence-corrected chi connectivity index (χ3v) is 3.20. The van der Waals surface area contributed by atoms with Crippen molar-refractivity contribution in [3.05, 3.63) is 57.4 Å². The fraction of sp³-hybridized carbons (Fsp3) is 0.167. The van der Waals surface area contributed by atoms with E-state index in [4.69, 9.17) is 21.8 Å². The molecule has 0 aliphatic rings. The molecular formula is C12H11BrClNO. The van der Waals surface area contributed by atoms with Gasteiger partial charge < -0.3 is 10.2 Å². The smallest absolute Gasteiger partial charge is 0.105 e. The van der Waals surface area contributed by atoms with Crippen molar-refractivity contribution in [2.45, 2.75) is 12.5 Å². The highest BCUT2D eigenvalue weighted by Gasteiger charge is 2.12. The van der Waals surface area contributed by atoms with E-state index in [9.17, 15) is 0 Å². The summed E-state index contributed by atoms with van der Waals surface area (Å²) in [5.41, 5.74) is 7.01. The maximum Gasteiger partial charge on any atom is 0.105 e. The van der Waals surface area contributed by atoms with Gasteiger partial charge in [0, 0.05) is 22.0 Å². The van der Waals surface area contributed by atoms with Crippen molar-refractivity contribution in [3.63, 3.8) is 0 Å². The molecule has 0 radical (unpaired) electrons. The summed E-state index contributed by atoms with van der Waals surface area (Å²) < 4.78 is 6.23. The lowest BCUT2D eigenvalue weighted by Crippen LogP contribution is -2.13. The lowest BCUT2D eigenvalue weighted by Gasteiger charge is -2.12. The zero-order chi connectivity index (χ0) is 11.5. The van der Waals surface area contributed by atoms with Crippen LogP contribution in [-0.4, -0.2) is 0 Å². The molecule has 16 heavy (non-hydrogen) atoms. The topological polar surface area (TPSA) is 39.2 Å². The molecule has 0 spiro atoms. The van der Waals surface area contributed by atoms with Crippen LogP contribution >= 0.6 is 27.5 Å². The van der Waals surface area contributed by atoms with Crippen LogP contribution in [0.3, 0.4) is 0 Å². The van der Waals surface area contributed by atoms with Crippen molar-refractivity contribution in [3.8, 4) is 0 Å². The van der Waals surface area contributed by atoms with Crippen LogP contribution < -0.4 is 5.73 Å². The third-order valence-electron chi connectivity index (χ3n) is 2.36. The van der Waals surface area contributed by atoms with Gasteiger partial charge >= 0.3 is 0 Å². The number of halogens is 2. The molecule has 1 unspecified atom stereocenters. The molecule has 0 saturated carbocycles. The first-order valence-corrected chi connectivity index (χ1v) is 6.07. The van der Waals surface area contributed by atoms with Gasteiger partial charge in [0.05, 0.1) is 6.26 Å². The number of nitrogens with two attached hydrogens (primary N) is 1. The van der Waals surface area contributed by atoms with Crippen LogP contribution in [0, 0.1) is 0 Å². The number of furan rings is 1. The molecule has 0 saturated heterocycles. The molecular weight excluding hydrogens is 289 g/mol. The lowest BCUT2D eigenvalue weighted by atomic mass is 10.0. The van der Waals surface area contributed by atoms with Crippen molar-refractivity contribution < 1.29 is 4.42 Å². The molecule has 2 nitrogen and oxygen atoms in total. The second-order valence-corrected chi connectivity index (χ2v) is 4.88. The third kappa shape index (κ3) is 2.67. The SMILES string of the molecule is NC(Cc1ccco1)c1cc(Br)ccc1Cl. The molecule has 0 bridgehead atoms. The van der Waals surface area contributed by atoms with Gasteiger partial charge in [0.25, 0.3) is 0 Å². The molecule has 0 aliphatic heterocycles. The van der Waals surface area contributed by atoms with Gasteiger partial charge in [-0.1, -0.05) is 27.5 Å². The van der Waals surface area contributed by atoms with E-state index in [-0.39, 0.29) is 6.04 Å². The minimum atomic E-state index is -0.156. The molecule has 2 aromatic rings. The molecule has 84 valence electrons. The zero-order valence-electron chi connectivity index (χ0n) is 8.49. The summed E-state index contributed by atoms with van der Waals surface area (Å²) in [6.07, 6.45) is 2.29. The maximum absolute atomic E-state index is 6.10. The quantitative estimate of drug-likeness (QED) is 0.932. The first-order chi connectivity index (χ1) is 7.66. The molecule has 0 fully saturated rings. The zero-order valence-corrected chi connectivity index (χ0v) is 10.8. The molecule has 2 rings (SSSR count). The van der Waals surface area contributed by atoms with Crippen LogP contribution in [0.15, 0.2) is 45.5 Å². The van der Waals surface area contributed by atoms with Gasteiger partial charge in [0.15, 0.2) is 0 Å². The average Bonchev–Trinajstić information content (AvgIpc) is 2.74. The van der Waals surface area contributed by atoms with Crippen LogP contribution in [0.5, 0.6) is 0 Å². The second kappa shape index (κ2) is 5.04. The summed E-state index contributed by atoms with van der Waals surface area (Å²) in [6, 6.07) is 9.27. The Labute approximate surface area is 108 Å². The summed E-state index contributed by atoms with van der Waals surface area (Å²) >= 11 is 9.50. The average molecular weight is 301 g/mol. The van der Waals surface area contributed by atoms with E-state index in [1.807, 2.05) is 30.3 Å². The molecule has 0 amide bonds. The van der Waals surface area contributed by atoms with Crippen molar-refractivity contribution in [2.24, 2.45) is 5.73 Å². The van der Waals surface area contributed by atoms with Gasteiger partial charge in [-0.25, -0.2) is 0 Å². The number of hydrogen-bond acceptors (Lipinski definition) is 2. The van der Waals surface area contributed by atoms with E-state index < -0.39 is 0 Å². The minimum absolute atomic E-state index is 0.156. The molecule has 2 N–H and O–H groups in total. The Balaban J connectivity index is 2.20. The van der Waals surface area contributed by atoms with E-state index >= 15 is 0 Å². The standard InChI is InChI=1S/C12H11BrClNO/c13-8-3-4-11(14)10(6-8)12(15)7-9-2-1-5-16-9/h1-6,12H,7,15H2. The van der Waals surface area contributed by atoms with Crippen molar-refractivity contribution in [1.29, 1.82) is 0 Å². The van der Waals surface area contributed by atoms with Gasteiger partial charge in [-0.2, -0.15) is 0 Å². The Morgan fingerprint density at radius 3 is 2.88 bits per heavy atom. The van der Waals surface area contributed by atoms with Gasteiger partial charge in [0.2, 0.25) is 0 Å². The van der Waals surface area contributed by atoms with E-state index in [1.165, 1.54) is 0 Å². The molecule has 1 heterocycles. The highest BCUT2D eigenvalue weighted by atomic mass is 79.9. The predicted molar refractivity (Wildman–Crippen MR) is 68.5 cm³/mol. The highest BCUT2D eigenvalue weighted by molar-refractivity contribution is 9.10. The highest BCUT2D eigenvalue weighted by Crippen LogP contribution is 2.27. The normalized spacial score (nSPS) is 12.7. The van der Waals surface area contributed by atoms with Crippen LogP contribution in [0.4, 0.5) is 0 Å². The van der Waals surface area contributed by atoms with E-state index in [0.29, 0.717) is 11.4 Å². The summed E-state index contributed by atoms with van der Waals surface area (Å²) in [6.45, 7) is 0. The maximum atomic E-state index is 6.10. The van der Waals surface area contributed by atoms with E-state index in [1.54, 1.807) is 6.26 Å². The van der Waals surface area contributed by atoms with Gasteiger partial charge in [-0.3, -0.25) is 0 Å². The van der Waals surface area contributed by atoms with Crippen LogP contribution in [0.1, 0.15) is 17.4 Å². The van der Waals surface area contributed by atoms with E-state index in [2.05, 4.69) is 15.9 Å². The Hall–Kier alpha value is -0.770. The van der Waals surface area contributed by atoms with Gasteiger partial charge in [-0.05, 0) is 35.9 Å². The number of rotatable bonds is 3. The van der Waals surface area contributed by atoms with Crippen LogP contribution in [-0.2, 0) is 6.42 Å². The first kappa shape index (κ1) is 11.7. The second-order valence-electron chi connectivity index (χ2n) is 3.56. The Bertz CT molecular complexity index is 470. The first-order valence-electron chi connectivity index (χ1n) is 4.89. The predicted octanol–water partition coefficient (Wildman–Crippen LogP) is 3.94. The lowest BCUT2D eigenvalue weighted by molar-refractivity contribution is 0.488. The summed E-state index contributed by atoms with van der Waals surface area (Å²) in [5.74, 6) is 0.864. The number of benzene rings is 1. The summed E-state index contributed by atoms with van der Waals surface area (Å²) in [4.78, 5) is 0. The van der Waals surface area contributed by atoms with Crippen molar-refractivity contribution in [1.82, 2.24) is 0 Å². The fourth-order valence-corrected chi connectivity index (χ4v) is 2.19. The summed E-state index contributed by atoms with van der Waals surface area (Å²) in [7, 11) is 0. The monoisotopic (exact) mass is 299 g/mol. The van der Waals surface area contributed by atoms with Crippen molar-refractivity contribution >= 4 is 27.5 Å². The fourth-order valence-electron chi connectivity index (χ4n) is 1.55. The molecule has 0 aliphatic carbocycles. The van der Waals surface area contributed by atoms with Crippen molar-refractivity contribution in [2.75, 3.05) is 0 Å². The molecule has 4 heteroatoms. The van der Waals surface area contributed by atoms with Gasteiger partial charge in [-0.15, -0.1) is 0 Å². The Kier molecular flexibility index (Phi) is 3.69. The largest absolute Gasteiger partial charge is 0.469 e. The van der Waals surface area contributed by atoms with Crippen LogP contribution in [0.25, 0.3) is 0 Å². The molecule has 1 aromatic heterocycles. The summed E-state index contributed by atoms with van der Waals surface area (Å²) in [5, 5.41) is 0.683. The Morgan fingerprint density at radius 1 is 1.38 bits per heavy atom. The Morgan fingerprint density at radius 2 is 2.19 bits per heavy atom. The van der Waals surface area contributed by atoms with Crippen LogP contribution in [0.2, 0.25) is 5.02 Å². The minimum Gasteiger partial charge on any atom is -0.469 e. The number of hydrogen-bond donors (Lipinski definition) is 1. The van der Waals surface area contributed by atoms with E-state index in [0.717, 1.165) is 15.8 Å². The molecule has 1 aromatic carbocycles.